The maximum Gasteiger partial charge on any atom is 0.103 e. The summed E-state index contributed by atoms with van der Waals surface area (Å²) < 4.78 is 0.846. The summed E-state index contributed by atoms with van der Waals surface area (Å²) in [7, 11) is 3.90. The van der Waals surface area contributed by atoms with Crippen LogP contribution in [0.1, 0.15) is 5.56 Å². The van der Waals surface area contributed by atoms with E-state index in [0.717, 1.165) is 23.2 Å². The van der Waals surface area contributed by atoms with Gasteiger partial charge in [0.2, 0.25) is 0 Å². The van der Waals surface area contributed by atoms with Gasteiger partial charge < -0.3 is 10.2 Å². The van der Waals surface area contributed by atoms with Crippen molar-refractivity contribution in [2.45, 2.75) is 0 Å². The van der Waals surface area contributed by atoms with E-state index in [1.54, 1.807) is 0 Å². The van der Waals surface area contributed by atoms with Crippen molar-refractivity contribution in [3.05, 3.63) is 28.2 Å². The topological polar surface area (TPSA) is 39.1 Å². The molecule has 15 heavy (non-hydrogen) atoms. The highest BCUT2D eigenvalue weighted by Crippen LogP contribution is 2.25. The second-order valence-corrected chi connectivity index (χ2v) is 4.13. The molecule has 1 aromatic rings. The zero-order valence-corrected chi connectivity index (χ0v) is 10.5. The molecular weight excluding hydrogens is 254 g/mol. The Morgan fingerprint density at radius 1 is 1.53 bits per heavy atom. The number of benzene rings is 1. The van der Waals surface area contributed by atoms with Crippen molar-refractivity contribution in [3.8, 4) is 6.07 Å². The first kappa shape index (κ1) is 12.0. The zero-order chi connectivity index (χ0) is 11.3. The third kappa shape index (κ3) is 2.95. The molecule has 0 aliphatic carbocycles. The van der Waals surface area contributed by atoms with Gasteiger partial charge in [0.15, 0.2) is 0 Å². The molecule has 1 N–H and O–H groups in total. The van der Waals surface area contributed by atoms with Gasteiger partial charge in [-0.25, -0.2) is 0 Å². The lowest BCUT2D eigenvalue weighted by Gasteiger charge is -2.20. The number of nitrogens with one attached hydrogen (secondary N) is 1. The maximum absolute atomic E-state index is 9.05. The maximum atomic E-state index is 9.05. The Hall–Kier alpha value is -1.05. The minimum absolute atomic E-state index is 0.691. The Morgan fingerprint density at radius 2 is 2.27 bits per heavy atom. The number of nitrogens with zero attached hydrogens (tertiary/aromatic N) is 2. The molecule has 0 bridgehead atoms. The predicted molar refractivity (Wildman–Crippen MR) is 66.1 cm³/mol. The Balaban J connectivity index is 2.93. The highest BCUT2D eigenvalue weighted by atomic mass is 79.9. The quantitative estimate of drug-likeness (QED) is 0.907. The van der Waals surface area contributed by atoms with Crippen LogP contribution in [0.25, 0.3) is 0 Å². The molecule has 0 saturated heterocycles. The summed E-state index contributed by atoms with van der Waals surface area (Å²) in [5.41, 5.74) is 1.65. The molecule has 80 valence electrons. The molecule has 0 fully saturated rings. The van der Waals surface area contributed by atoms with Crippen molar-refractivity contribution >= 4 is 21.6 Å². The van der Waals surface area contributed by atoms with Gasteiger partial charge in [0.05, 0.1) is 11.3 Å². The lowest BCUT2D eigenvalue weighted by Crippen LogP contribution is -2.27. The molecule has 0 atom stereocenters. The van der Waals surface area contributed by atoms with E-state index in [2.05, 4.69) is 32.2 Å². The SMILES string of the molecule is CNCCN(C)c1cccc(Br)c1C#N. The molecule has 0 aliphatic heterocycles. The van der Waals surface area contributed by atoms with Crippen molar-refractivity contribution in [3.63, 3.8) is 0 Å². The number of anilines is 1. The lowest BCUT2D eigenvalue weighted by molar-refractivity contribution is 0.767. The molecule has 0 aromatic heterocycles. The van der Waals surface area contributed by atoms with Gasteiger partial charge in [0.25, 0.3) is 0 Å². The van der Waals surface area contributed by atoms with Crippen LogP contribution in [0.15, 0.2) is 22.7 Å². The zero-order valence-electron chi connectivity index (χ0n) is 8.92. The van der Waals surface area contributed by atoms with Crippen LogP contribution in [0, 0.1) is 11.3 Å². The summed E-state index contributed by atoms with van der Waals surface area (Å²) >= 11 is 3.38. The Kier molecular flexibility index (Phi) is 4.60. The second kappa shape index (κ2) is 5.74. The largest absolute Gasteiger partial charge is 0.372 e. The van der Waals surface area contributed by atoms with E-state index in [1.165, 1.54) is 0 Å². The Bertz CT molecular complexity index is 371. The highest BCUT2D eigenvalue weighted by Gasteiger charge is 2.09. The lowest BCUT2D eigenvalue weighted by atomic mass is 10.2. The molecule has 1 aromatic carbocycles. The minimum atomic E-state index is 0.691. The van der Waals surface area contributed by atoms with Crippen LogP contribution in [0.2, 0.25) is 0 Å². The summed E-state index contributed by atoms with van der Waals surface area (Å²) in [4.78, 5) is 2.07. The third-order valence-electron chi connectivity index (χ3n) is 2.21. The standard InChI is InChI=1S/C11H14BrN3/c1-14-6-7-15(2)11-5-3-4-10(12)9(11)8-13/h3-5,14H,6-7H2,1-2H3. The first-order valence-electron chi connectivity index (χ1n) is 4.75. The van der Waals surface area contributed by atoms with Crippen LogP contribution < -0.4 is 10.2 Å². The normalized spacial score (nSPS) is 9.73. The van der Waals surface area contributed by atoms with Crippen LogP contribution in [-0.4, -0.2) is 27.2 Å². The van der Waals surface area contributed by atoms with Crippen LogP contribution >= 0.6 is 15.9 Å². The molecule has 3 nitrogen and oxygen atoms in total. The van der Waals surface area contributed by atoms with Crippen molar-refractivity contribution in [1.82, 2.24) is 5.32 Å². The van der Waals surface area contributed by atoms with E-state index in [4.69, 9.17) is 5.26 Å². The summed E-state index contributed by atoms with van der Waals surface area (Å²) in [6.45, 7) is 1.77. The van der Waals surface area contributed by atoms with Gasteiger partial charge in [-0.3, -0.25) is 0 Å². The number of hydrogen-bond acceptors (Lipinski definition) is 3. The molecule has 0 radical (unpaired) electrons. The number of hydrogen-bond donors (Lipinski definition) is 1. The molecule has 0 unspecified atom stereocenters. The number of rotatable bonds is 4. The van der Waals surface area contributed by atoms with E-state index >= 15 is 0 Å². The average molecular weight is 268 g/mol. The van der Waals surface area contributed by atoms with Crippen molar-refractivity contribution in [1.29, 1.82) is 5.26 Å². The van der Waals surface area contributed by atoms with Crippen LogP contribution in [0.4, 0.5) is 5.69 Å². The molecule has 0 heterocycles. The minimum Gasteiger partial charge on any atom is -0.372 e. The Morgan fingerprint density at radius 3 is 2.87 bits per heavy atom. The van der Waals surface area contributed by atoms with E-state index in [1.807, 2.05) is 32.3 Å². The fraction of sp³-hybridized carbons (Fsp3) is 0.364. The first-order chi connectivity index (χ1) is 7.20. The molecule has 0 saturated carbocycles. The second-order valence-electron chi connectivity index (χ2n) is 3.27. The fourth-order valence-electron chi connectivity index (χ4n) is 1.34. The smallest absolute Gasteiger partial charge is 0.103 e. The summed E-state index contributed by atoms with van der Waals surface area (Å²) in [5.74, 6) is 0. The van der Waals surface area contributed by atoms with Gasteiger partial charge in [-0.2, -0.15) is 5.26 Å². The van der Waals surface area contributed by atoms with Gasteiger partial charge in [-0.05, 0) is 35.1 Å². The van der Waals surface area contributed by atoms with Crippen LogP contribution in [0.3, 0.4) is 0 Å². The number of halogens is 1. The highest BCUT2D eigenvalue weighted by molar-refractivity contribution is 9.10. The van der Waals surface area contributed by atoms with Crippen molar-refractivity contribution in [2.24, 2.45) is 0 Å². The van der Waals surface area contributed by atoms with Gasteiger partial charge in [0, 0.05) is 24.6 Å². The fourth-order valence-corrected chi connectivity index (χ4v) is 1.79. The van der Waals surface area contributed by atoms with Crippen molar-refractivity contribution in [2.75, 3.05) is 32.1 Å². The van der Waals surface area contributed by atoms with E-state index in [-0.39, 0.29) is 0 Å². The van der Waals surface area contributed by atoms with Crippen molar-refractivity contribution < 1.29 is 0 Å². The predicted octanol–water partition coefficient (Wildman–Crippen LogP) is 1.98. The molecule has 0 aliphatic rings. The molecule has 4 heteroatoms. The Labute approximate surface area is 98.8 Å². The third-order valence-corrected chi connectivity index (χ3v) is 2.87. The van der Waals surface area contributed by atoms with Crippen LogP contribution in [0.5, 0.6) is 0 Å². The van der Waals surface area contributed by atoms with E-state index in [9.17, 15) is 0 Å². The van der Waals surface area contributed by atoms with Crippen LogP contribution in [-0.2, 0) is 0 Å². The van der Waals surface area contributed by atoms with E-state index in [0.29, 0.717) is 5.56 Å². The molecule has 1 rings (SSSR count). The summed E-state index contributed by atoms with van der Waals surface area (Å²) in [6, 6.07) is 7.99. The van der Waals surface area contributed by atoms with Gasteiger partial charge in [-0.15, -0.1) is 0 Å². The van der Waals surface area contributed by atoms with Gasteiger partial charge in [-0.1, -0.05) is 6.07 Å². The first-order valence-corrected chi connectivity index (χ1v) is 5.54. The summed E-state index contributed by atoms with van der Waals surface area (Å²) in [5, 5.41) is 12.1. The average Bonchev–Trinajstić information content (AvgIpc) is 2.25. The molecular formula is C11H14BrN3. The molecule has 0 spiro atoms. The summed E-state index contributed by atoms with van der Waals surface area (Å²) in [6.07, 6.45) is 0. The number of likely N-dealkylation sites (N-methyl/N-ethyl adjacent to an activating group) is 2. The van der Waals surface area contributed by atoms with Gasteiger partial charge in [0.1, 0.15) is 6.07 Å². The van der Waals surface area contributed by atoms with Gasteiger partial charge >= 0.3 is 0 Å². The monoisotopic (exact) mass is 267 g/mol. The van der Waals surface area contributed by atoms with E-state index < -0.39 is 0 Å². The number of nitriles is 1. The molecule has 0 amide bonds.